The molecule has 0 aliphatic carbocycles. The molecule has 0 aromatic carbocycles. The predicted molar refractivity (Wildman–Crippen MR) is 52.8 cm³/mol. The predicted octanol–water partition coefficient (Wildman–Crippen LogP) is 2.05. The summed E-state index contributed by atoms with van der Waals surface area (Å²) in [6.45, 7) is 3.14. The van der Waals surface area contributed by atoms with Crippen LogP contribution in [0.4, 0.5) is 0 Å². The minimum atomic E-state index is 0.761. The largest absolute Gasteiger partial charge is 0.353 e. The van der Waals surface area contributed by atoms with Crippen LogP contribution >= 0.6 is 11.8 Å². The molecule has 0 radical (unpaired) electrons. The molecule has 1 aromatic rings. The van der Waals surface area contributed by atoms with Crippen LogP contribution < -0.4 is 0 Å². The molecule has 0 spiro atoms. The Bertz CT molecular complexity index is 244. The molecule has 0 aliphatic rings. The lowest BCUT2D eigenvalue weighted by Gasteiger charge is -1.99. The average molecular weight is 183 g/mol. The summed E-state index contributed by atoms with van der Waals surface area (Å²) in [5, 5.41) is 0. The Balaban J connectivity index is 2.36. The molecule has 3 heteroatoms. The van der Waals surface area contributed by atoms with Gasteiger partial charge in [-0.25, -0.2) is 0 Å². The van der Waals surface area contributed by atoms with E-state index in [0.717, 1.165) is 29.9 Å². The fourth-order valence-corrected chi connectivity index (χ4v) is 1.61. The summed E-state index contributed by atoms with van der Waals surface area (Å²) in [5.74, 6) is 2.27. The highest BCUT2D eigenvalue weighted by molar-refractivity contribution is 7.99. The number of carbonyl (C=O) groups is 1. The van der Waals surface area contributed by atoms with Gasteiger partial charge in [-0.05, 0) is 11.8 Å². The Morgan fingerprint density at radius 3 is 3.08 bits per heavy atom. The highest BCUT2D eigenvalue weighted by Crippen LogP contribution is 2.02. The first-order valence-corrected chi connectivity index (χ1v) is 5.21. The number of rotatable bonds is 5. The fraction of sp³-hybridized carbons (Fsp3) is 0.444. The zero-order valence-electron chi connectivity index (χ0n) is 7.19. The number of thioether (sulfide) groups is 1. The summed E-state index contributed by atoms with van der Waals surface area (Å²) in [4.78, 5) is 10.3. The third-order valence-electron chi connectivity index (χ3n) is 1.61. The molecule has 1 rings (SSSR count). The summed E-state index contributed by atoms with van der Waals surface area (Å²) in [6.07, 6.45) is 4.70. The van der Waals surface area contributed by atoms with Crippen LogP contribution in [0.25, 0.3) is 0 Å². The molecule has 0 bridgehead atoms. The fourth-order valence-electron chi connectivity index (χ4n) is 0.982. The normalized spacial score (nSPS) is 10.1. The van der Waals surface area contributed by atoms with Crippen molar-refractivity contribution in [3.05, 3.63) is 24.0 Å². The van der Waals surface area contributed by atoms with E-state index >= 15 is 0 Å². The smallest absolute Gasteiger partial charge is 0.151 e. The molecule has 0 N–H and O–H groups in total. The molecular formula is C9H13NOS. The van der Waals surface area contributed by atoms with Gasteiger partial charge < -0.3 is 4.57 Å². The van der Waals surface area contributed by atoms with Gasteiger partial charge in [0.05, 0.1) is 0 Å². The molecule has 1 heterocycles. The molecule has 0 aliphatic heterocycles. The molecule has 0 amide bonds. The van der Waals surface area contributed by atoms with Crippen LogP contribution in [0.15, 0.2) is 18.5 Å². The number of carbonyl (C=O) groups excluding carboxylic acids is 1. The van der Waals surface area contributed by atoms with Gasteiger partial charge in [-0.15, -0.1) is 0 Å². The molecule has 0 atom stereocenters. The van der Waals surface area contributed by atoms with E-state index in [0.29, 0.717) is 0 Å². The van der Waals surface area contributed by atoms with Crippen LogP contribution in [0.5, 0.6) is 0 Å². The van der Waals surface area contributed by atoms with Crippen molar-refractivity contribution in [3.63, 3.8) is 0 Å². The van der Waals surface area contributed by atoms with E-state index in [1.54, 1.807) is 0 Å². The van der Waals surface area contributed by atoms with E-state index in [9.17, 15) is 4.79 Å². The van der Waals surface area contributed by atoms with Crippen LogP contribution in [0, 0.1) is 0 Å². The highest BCUT2D eigenvalue weighted by Gasteiger charge is 1.93. The molecule has 0 fully saturated rings. The van der Waals surface area contributed by atoms with E-state index in [-0.39, 0.29) is 0 Å². The first-order valence-electron chi connectivity index (χ1n) is 4.05. The number of aryl methyl sites for hydroxylation is 1. The maximum Gasteiger partial charge on any atom is 0.151 e. The third-order valence-corrected chi connectivity index (χ3v) is 2.49. The van der Waals surface area contributed by atoms with E-state index in [1.165, 1.54) is 0 Å². The van der Waals surface area contributed by atoms with Crippen LogP contribution in [-0.4, -0.2) is 22.4 Å². The van der Waals surface area contributed by atoms with Crippen molar-refractivity contribution in [2.24, 2.45) is 0 Å². The van der Waals surface area contributed by atoms with E-state index in [2.05, 4.69) is 6.92 Å². The van der Waals surface area contributed by atoms with Gasteiger partial charge in [0.25, 0.3) is 0 Å². The van der Waals surface area contributed by atoms with Crippen molar-refractivity contribution in [3.8, 4) is 0 Å². The standard InChI is InChI=1S/C9H13NOS/c1-2-12-6-5-10-4-3-9(7-10)8-11/h3-4,7-8H,2,5-6H2,1H3. The third kappa shape index (κ3) is 2.74. The first-order chi connectivity index (χ1) is 5.86. The summed E-state index contributed by atoms with van der Waals surface area (Å²) in [7, 11) is 0. The lowest BCUT2D eigenvalue weighted by molar-refractivity contribution is 0.112. The second-order valence-electron chi connectivity index (χ2n) is 2.50. The second-order valence-corrected chi connectivity index (χ2v) is 3.89. The van der Waals surface area contributed by atoms with Crippen molar-refractivity contribution < 1.29 is 4.79 Å². The van der Waals surface area contributed by atoms with Crippen LogP contribution in [0.1, 0.15) is 17.3 Å². The van der Waals surface area contributed by atoms with Gasteiger partial charge in [-0.2, -0.15) is 11.8 Å². The number of hydrogen-bond donors (Lipinski definition) is 0. The topological polar surface area (TPSA) is 22.0 Å². The summed E-state index contributed by atoms with van der Waals surface area (Å²) >= 11 is 1.91. The Labute approximate surface area is 77.0 Å². The molecule has 0 saturated heterocycles. The van der Waals surface area contributed by atoms with Crippen LogP contribution in [-0.2, 0) is 6.54 Å². The van der Waals surface area contributed by atoms with Crippen molar-refractivity contribution in [1.82, 2.24) is 4.57 Å². The Kier molecular flexibility index (Phi) is 3.94. The van der Waals surface area contributed by atoms with Gasteiger partial charge in [0.1, 0.15) is 0 Å². The summed E-state index contributed by atoms with van der Waals surface area (Å²) < 4.78 is 2.05. The van der Waals surface area contributed by atoms with Gasteiger partial charge in [-0.3, -0.25) is 4.79 Å². The minimum Gasteiger partial charge on any atom is -0.353 e. The zero-order valence-corrected chi connectivity index (χ0v) is 8.01. The summed E-state index contributed by atoms with van der Waals surface area (Å²) in [5.41, 5.74) is 0.761. The Morgan fingerprint density at radius 1 is 1.67 bits per heavy atom. The SMILES string of the molecule is CCSCCn1ccc(C=O)c1. The Hall–Kier alpha value is -0.700. The number of aromatic nitrogens is 1. The van der Waals surface area contributed by atoms with Gasteiger partial charge in [-0.1, -0.05) is 6.92 Å². The molecule has 0 saturated carbocycles. The van der Waals surface area contributed by atoms with E-state index in [4.69, 9.17) is 0 Å². The van der Waals surface area contributed by atoms with Crippen molar-refractivity contribution in [1.29, 1.82) is 0 Å². The van der Waals surface area contributed by atoms with Gasteiger partial charge in [0.2, 0.25) is 0 Å². The number of aldehydes is 1. The second kappa shape index (κ2) is 5.04. The molecule has 2 nitrogen and oxygen atoms in total. The maximum atomic E-state index is 10.3. The van der Waals surface area contributed by atoms with Crippen molar-refractivity contribution in [2.45, 2.75) is 13.5 Å². The van der Waals surface area contributed by atoms with Gasteiger partial charge in [0.15, 0.2) is 6.29 Å². The minimum absolute atomic E-state index is 0.761. The Morgan fingerprint density at radius 2 is 2.50 bits per heavy atom. The molecule has 1 aromatic heterocycles. The monoisotopic (exact) mass is 183 g/mol. The summed E-state index contributed by atoms with van der Waals surface area (Å²) in [6, 6.07) is 1.84. The van der Waals surface area contributed by atoms with Crippen LogP contribution in [0.3, 0.4) is 0 Å². The van der Waals surface area contributed by atoms with Crippen molar-refractivity contribution in [2.75, 3.05) is 11.5 Å². The lowest BCUT2D eigenvalue weighted by Crippen LogP contribution is -1.96. The zero-order chi connectivity index (χ0) is 8.81. The van der Waals surface area contributed by atoms with E-state index < -0.39 is 0 Å². The average Bonchev–Trinajstić information content (AvgIpc) is 2.53. The van der Waals surface area contributed by atoms with Crippen molar-refractivity contribution >= 4 is 18.0 Å². The van der Waals surface area contributed by atoms with Crippen LogP contribution in [0.2, 0.25) is 0 Å². The van der Waals surface area contributed by atoms with Gasteiger partial charge >= 0.3 is 0 Å². The maximum absolute atomic E-state index is 10.3. The lowest BCUT2D eigenvalue weighted by atomic mass is 10.4. The number of nitrogens with zero attached hydrogens (tertiary/aromatic N) is 1. The molecular weight excluding hydrogens is 170 g/mol. The first kappa shape index (κ1) is 9.39. The number of hydrogen-bond acceptors (Lipinski definition) is 2. The molecule has 66 valence electrons. The molecule has 0 unspecified atom stereocenters. The van der Waals surface area contributed by atoms with E-state index in [1.807, 2.05) is 34.8 Å². The highest BCUT2D eigenvalue weighted by atomic mass is 32.2. The quantitative estimate of drug-likeness (QED) is 0.515. The molecule has 12 heavy (non-hydrogen) atoms. The van der Waals surface area contributed by atoms with Gasteiger partial charge in [0, 0.05) is 30.3 Å².